The van der Waals surface area contributed by atoms with E-state index in [4.69, 9.17) is 5.11 Å². The molecule has 0 amide bonds. The molecule has 3 rings (SSSR count). The van der Waals surface area contributed by atoms with Gasteiger partial charge in [-0.2, -0.15) is 9.97 Å². The van der Waals surface area contributed by atoms with Gasteiger partial charge in [0, 0.05) is 18.8 Å². The molecule has 0 spiro atoms. The largest absolute Gasteiger partial charge is 0.395 e. The zero-order valence-corrected chi connectivity index (χ0v) is 12.9. The summed E-state index contributed by atoms with van der Waals surface area (Å²) in [6, 6.07) is 1.95. The maximum absolute atomic E-state index is 9.03. The first-order valence-electron chi connectivity index (χ1n) is 7.31. The fourth-order valence-corrected chi connectivity index (χ4v) is 2.13. The van der Waals surface area contributed by atoms with Crippen LogP contribution in [0.4, 0.5) is 17.6 Å². The van der Waals surface area contributed by atoms with E-state index in [1.165, 1.54) is 6.33 Å². The lowest BCUT2D eigenvalue weighted by Gasteiger charge is -2.11. The third kappa shape index (κ3) is 3.19. The minimum Gasteiger partial charge on any atom is -0.395 e. The van der Waals surface area contributed by atoms with E-state index in [9.17, 15) is 0 Å². The van der Waals surface area contributed by atoms with Crippen LogP contribution in [0.25, 0.3) is 11.2 Å². The van der Waals surface area contributed by atoms with Gasteiger partial charge in [0.05, 0.1) is 12.9 Å². The molecule has 9 heteroatoms. The van der Waals surface area contributed by atoms with Gasteiger partial charge in [0.25, 0.3) is 0 Å². The molecule has 0 aromatic carbocycles. The summed E-state index contributed by atoms with van der Waals surface area (Å²) in [5.74, 6) is 1.57. The van der Waals surface area contributed by atoms with Crippen molar-refractivity contribution in [2.45, 2.75) is 19.9 Å². The topological polar surface area (TPSA) is 114 Å². The summed E-state index contributed by atoms with van der Waals surface area (Å²) in [6.45, 7) is 4.50. The number of rotatable bonds is 6. The number of hydrogen-bond acceptors (Lipinski definition) is 8. The SMILES string of the molecule is CC(C)n1cnc2c(NCCO)nc(Nc3ccncn3)nc21. The molecule has 9 nitrogen and oxygen atoms in total. The van der Waals surface area contributed by atoms with E-state index in [2.05, 4.69) is 49.4 Å². The Bertz CT molecular complexity index is 786. The minimum absolute atomic E-state index is 0.00502. The van der Waals surface area contributed by atoms with Crippen LogP contribution in [0, 0.1) is 0 Å². The van der Waals surface area contributed by atoms with Crippen molar-refractivity contribution >= 4 is 28.7 Å². The van der Waals surface area contributed by atoms with Crippen LogP contribution in [0.5, 0.6) is 0 Å². The standard InChI is InChI=1S/C14H18N8O/c1-9(2)22-8-18-11-12(16-5-6-23)20-14(21-13(11)22)19-10-3-4-15-7-17-10/h3-4,7-9,23H,5-6H2,1-2H3,(H2,15,16,17,19,20,21). The number of anilines is 3. The molecule has 0 fully saturated rings. The number of aliphatic hydroxyl groups is 1. The van der Waals surface area contributed by atoms with Crippen LogP contribution in [0.15, 0.2) is 24.9 Å². The van der Waals surface area contributed by atoms with E-state index in [0.717, 1.165) is 0 Å². The molecule has 3 aromatic rings. The van der Waals surface area contributed by atoms with E-state index in [1.807, 2.05) is 4.57 Å². The van der Waals surface area contributed by atoms with Crippen LogP contribution in [-0.2, 0) is 0 Å². The number of nitrogens with one attached hydrogen (secondary N) is 2. The molecule has 3 aromatic heterocycles. The molecule has 0 aliphatic carbocycles. The summed E-state index contributed by atoms with van der Waals surface area (Å²) < 4.78 is 1.96. The van der Waals surface area contributed by atoms with Gasteiger partial charge in [-0.15, -0.1) is 0 Å². The number of aliphatic hydroxyl groups excluding tert-OH is 1. The normalized spacial score (nSPS) is 11.1. The Morgan fingerprint density at radius 3 is 2.83 bits per heavy atom. The monoisotopic (exact) mass is 314 g/mol. The first-order chi connectivity index (χ1) is 11.2. The van der Waals surface area contributed by atoms with Crippen LogP contribution in [0.3, 0.4) is 0 Å². The molecule has 0 atom stereocenters. The van der Waals surface area contributed by atoms with E-state index < -0.39 is 0 Å². The molecule has 0 unspecified atom stereocenters. The van der Waals surface area contributed by atoms with Crippen molar-refractivity contribution in [2.24, 2.45) is 0 Å². The van der Waals surface area contributed by atoms with Gasteiger partial charge in [0.2, 0.25) is 5.95 Å². The zero-order valence-electron chi connectivity index (χ0n) is 12.9. The van der Waals surface area contributed by atoms with Crippen molar-refractivity contribution in [2.75, 3.05) is 23.8 Å². The van der Waals surface area contributed by atoms with Crippen LogP contribution >= 0.6 is 0 Å². The lowest BCUT2D eigenvalue weighted by molar-refractivity contribution is 0.311. The van der Waals surface area contributed by atoms with Crippen LogP contribution in [0.1, 0.15) is 19.9 Å². The Hall–Kier alpha value is -2.81. The lowest BCUT2D eigenvalue weighted by Crippen LogP contribution is -2.10. The molecule has 0 saturated carbocycles. The molecule has 120 valence electrons. The predicted molar refractivity (Wildman–Crippen MR) is 86.6 cm³/mol. The predicted octanol–water partition coefficient (Wildman–Crippen LogP) is 1.34. The summed E-state index contributed by atoms with van der Waals surface area (Å²) >= 11 is 0. The highest BCUT2D eigenvalue weighted by Crippen LogP contribution is 2.24. The Balaban J connectivity index is 2.05. The Morgan fingerprint density at radius 2 is 2.13 bits per heavy atom. The van der Waals surface area contributed by atoms with Gasteiger partial charge in [-0.3, -0.25) is 0 Å². The Morgan fingerprint density at radius 1 is 1.26 bits per heavy atom. The van der Waals surface area contributed by atoms with Gasteiger partial charge < -0.3 is 20.3 Å². The van der Waals surface area contributed by atoms with Crippen LogP contribution < -0.4 is 10.6 Å². The van der Waals surface area contributed by atoms with Gasteiger partial charge in [-0.05, 0) is 19.9 Å². The molecule has 3 heterocycles. The third-order valence-corrected chi connectivity index (χ3v) is 3.20. The number of hydrogen-bond donors (Lipinski definition) is 3. The average molecular weight is 314 g/mol. The van der Waals surface area contributed by atoms with Crippen molar-refractivity contribution in [3.8, 4) is 0 Å². The summed E-state index contributed by atoms with van der Waals surface area (Å²) in [5, 5.41) is 15.2. The fourth-order valence-electron chi connectivity index (χ4n) is 2.13. The van der Waals surface area contributed by atoms with E-state index in [1.54, 1.807) is 18.6 Å². The van der Waals surface area contributed by atoms with Crippen LogP contribution in [0.2, 0.25) is 0 Å². The highest BCUT2D eigenvalue weighted by atomic mass is 16.3. The average Bonchev–Trinajstić information content (AvgIpc) is 2.98. The summed E-state index contributed by atoms with van der Waals surface area (Å²) in [4.78, 5) is 21.3. The first kappa shape index (κ1) is 15.1. The lowest BCUT2D eigenvalue weighted by atomic mass is 10.4. The van der Waals surface area contributed by atoms with Crippen molar-refractivity contribution in [1.29, 1.82) is 0 Å². The summed E-state index contributed by atoms with van der Waals surface area (Å²) in [7, 11) is 0. The van der Waals surface area contributed by atoms with Gasteiger partial charge in [-0.1, -0.05) is 0 Å². The molecule has 0 saturated heterocycles. The van der Waals surface area contributed by atoms with E-state index >= 15 is 0 Å². The number of aromatic nitrogens is 6. The van der Waals surface area contributed by atoms with E-state index in [-0.39, 0.29) is 12.6 Å². The van der Waals surface area contributed by atoms with Crippen molar-refractivity contribution in [3.63, 3.8) is 0 Å². The minimum atomic E-state index is 0.00502. The summed E-state index contributed by atoms with van der Waals surface area (Å²) in [5.41, 5.74) is 1.38. The maximum Gasteiger partial charge on any atom is 0.232 e. The van der Waals surface area contributed by atoms with Crippen molar-refractivity contribution in [3.05, 3.63) is 24.9 Å². The van der Waals surface area contributed by atoms with Gasteiger partial charge in [0.1, 0.15) is 12.1 Å². The third-order valence-electron chi connectivity index (χ3n) is 3.20. The van der Waals surface area contributed by atoms with Gasteiger partial charge in [0.15, 0.2) is 17.0 Å². The molecule has 23 heavy (non-hydrogen) atoms. The molecule has 0 radical (unpaired) electrons. The maximum atomic E-state index is 9.03. The summed E-state index contributed by atoms with van der Waals surface area (Å²) in [6.07, 6.45) is 4.82. The molecule has 0 aliphatic rings. The first-order valence-corrected chi connectivity index (χ1v) is 7.31. The molecule has 0 aliphatic heterocycles. The molecule has 3 N–H and O–H groups in total. The molecule has 0 bridgehead atoms. The Labute approximate surface area is 132 Å². The second-order valence-electron chi connectivity index (χ2n) is 5.18. The van der Waals surface area contributed by atoms with Crippen molar-refractivity contribution in [1.82, 2.24) is 29.5 Å². The fraction of sp³-hybridized carbons (Fsp3) is 0.357. The van der Waals surface area contributed by atoms with Crippen molar-refractivity contribution < 1.29 is 5.11 Å². The number of imidazole rings is 1. The Kier molecular flexibility index (Phi) is 4.29. The van der Waals surface area contributed by atoms with Crippen LogP contribution in [-0.4, -0.2) is 47.7 Å². The second-order valence-corrected chi connectivity index (χ2v) is 5.18. The number of nitrogens with zero attached hydrogens (tertiary/aromatic N) is 6. The van der Waals surface area contributed by atoms with Gasteiger partial charge in [-0.25, -0.2) is 15.0 Å². The zero-order chi connectivity index (χ0) is 16.2. The highest BCUT2D eigenvalue weighted by molar-refractivity contribution is 5.84. The molecular weight excluding hydrogens is 296 g/mol. The highest BCUT2D eigenvalue weighted by Gasteiger charge is 2.15. The second kappa shape index (κ2) is 6.53. The quantitative estimate of drug-likeness (QED) is 0.624. The van der Waals surface area contributed by atoms with E-state index in [0.29, 0.717) is 35.3 Å². The molecular formula is C14H18N8O. The number of fused-ring (bicyclic) bond motifs is 1. The van der Waals surface area contributed by atoms with Gasteiger partial charge >= 0.3 is 0 Å². The smallest absolute Gasteiger partial charge is 0.232 e.